The largest absolute Gasteiger partial charge is 0.493 e. The summed E-state index contributed by atoms with van der Waals surface area (Å²) in [5.41, 5.74) is 0.421. The van der Waals surface area contributed by atoms with Gasteiger partial charge in [0, 0.05) is 11.8 Å². The number of carbonyl (C=O) groups excluding carboxylic acids is 1. The van der Waals surface area contributed by atoms with Crippen LogP contribution in [0.2, 0.25) is 0 Å². The average Bonchev–Trinajstić information content (AvgIpc) is 2.91. The highest BCUT2D eigenvalue weighted by Crippen LogP contribution is 2.29. The molecule has 24 heavy (non-hydrogen) atoms. The fourth-order valence-electron chi connectivity index (χ4n) is 2.37. The maximum Gasteiger partial charge on any atom is 0.268 e. The van der Waals surface area contributed by atoms with Crippen LogP contribution in [0.5, 0.6) is 11.5 Å². The number of rotatable bonds is 5. The van der Waals surface area contributed by atoms with Crippen molar-refractivity contribution in [3.63, 3.8) is 0 Å². The molecule has 0 aliphatic rings. The van der Waals surface area contributed by atoms with Crippen LogP contribution in [0.1, 0.15) is 0 Å². The third kappa shape index (κ3) is 3.11. The second-order valence-corrected chi connectivity index (χ2v) is 6.11. The number of hydrogen-bond donors (Lipinski definition) is 1. The second kappa shape index (κ2) is 6.76. The van der Waals surface area contributed by atoms with Crippen LogP contribution in [0, 0.1) is 0 Å². The van der Waals surface area contributed by atoms with E-state index in [-0.39, 0.29) is 18.0 Å². The molecule has 1 amide bonds. The Morgan fingerprint density at radius 3 is 2.58 bits per heavy atom. The van der Waals surface area contributed by atoms with Crippen molar-refractivity contribution >= 4 is 33.2 Å². The normalized spacial score (nSPS) is 10.6. The number of nitrogens with one attached hydrogen (secondary N) is 1. The molecule has 0 radical (unpaired) electrons. The summed E-state index contributed by atoms with van der Waals surface area (Å²) in [6, 6.07) is 12.4. The molecule has 0 atom stereocenters. The summed E-state index contributed by atoms with van der Waals surface area (Å²) in [5.74, 6) is 0.821. The Morgan fingerprint density at radius 2 is 1.88 bits per heavy atom. The number of ether oxygens (including phenoxy) is 2. The zero-order valence-electron chi connectivity index (χ0n) is 13.2. The van der Waals surface area contributed by atoms with Crippen LogP contribution in [0.4, 0.5) is 5.69 Å². The summed E-state index contributed by atoms with van der Waals surface area (Å²) in [4.78, 5) is 24.5. The summed E-state index contributed by atoms with van der Waals surface area (Å²) < 4.78 is 12.7. The van der Waals surface area contributed by atoms with Crippen LogP contribution in [-0.2, 0) is 11.3 Å². The lowest BCUT2D eigenvalue weighted by Crippen LogP contribution is -2.23. The molecule has 3 rings (SSSR count). The van der Waals surface area contributed by atoms with Gasteiger partial charge in [-0.05, 0) is 24.3 Å². The summed E-state index contributed by atoms with van der Waals surface area (Å²) in [5, 5.41) is 3.39. The first-order chi connectivity index (χ1) is 11.6. The van der Waals surface area contributed by atoms with Crippen LogP contribution < -0.4 is 20.3 Å². The van der Waals surface area contributed by atoms with E-state index in [2.05, 4.69) is 5.32 Å². The van der Waals surface area contributed by atoms with E-state index in [0.29, 0.717) is 22.6 Å². The first-order valence-electron chi connectivity index (χ1n) is 7.23. The predicted octanol–water partition coefficient (Wildman–Crippen LogP) is 2.72. The molecule has 0 saturated carbocycles. The first-order valence-corrected chi connectivity index (χ1v) is 8.00. The summed E-state index contributed by atoms with van der Waals surface area (Å²) >= 11 is 1.28. The molecule has 0 fully saturated rings. The van der Waals surface area contributed by atoms with Gasteiger partial charge in [0.05, 0.1) is 24.3 Å². The zero-order valence-corrected chi connectivity index (χ0v) is 14.1. The Kier molecular flexibility index (Phi) is 4.52. The van der Waals surface area contributed by atoms with E-state index < -0.39 is 0 Å². The standard InChI is InChI=1S/C17H16N2O4S/c1-22-13-8-7-11(9-14(13)23-2)18-16(20)10-19-17(21)12-5-3-4-6-15(12)24-19/h3-9H,10H2,1-2H3,(H,18,20). The van der Waals surface area contributed by atoms with Gasteiger partial charge < -0.3 is 14.8 Å². The van der Waals surface area contributed by atoms with Crippen LogP contribution in [0.3, 0.4) is 0 Å². The van der Waals surface area contributed by atoms with E-state index in [4.69, 9.17) is 9.47 Å². The minimum absolute atomic E-state index is 0.0352. The van der Waals surface area contributed by atoms with Gasteiger partial charge in [-0.15, -0.1) is 0 Å². The molecule has 3 aromatic rings. The Morgan fingerprint density at radius 1 is 1.12 bits per heavy atom. The fourth-order valence-corrected chi connectivity index (χ4v) is 3.36. The number of amides is 1. The van der Waals surface area contributed by atoms with Crippen LogP contribution >= 0.6 is 11.5 Å². The second-order valence-electron chi connectivity index (χ2n) is 5.05. The minimum atomic E-state index is -0.282. The van der Waals surface area contributed by atoms with Crippen molar-refractivity contribution in [2.75, 3.05) is 19.5 Å². The third-order valence-corrected chi connectivity index (χ3v) is 4.58. The molecular weight excluding hydrogens is 328 g/mol. The maximum absolute atomic E-state index is 12.3. The lowest BCUT2D eigenvalue weighted by Gasteiger charge is -2.10. The molecule has 2 aromatic carbocycles. The van der Waals surface area contributed by atoms with Gasteiger partial charge in [0.15, 0.2) is 11.5 Å². The van der Waals surface area contributed by atoms with E-state index >= 15 is 0 Å². The van der Waals surface area contributed by atoms with Crippen molar-refractivity contribution in [3.8, 4) is 11.5 Å². The summed E-state index contributed by atoms with van der Waals surface area (Å²) in [6.45, 7) is -0.0352. The molecule has 0 aliphatic carbocycles. The number of aromatic nitrogens is 1. The van der Waals surface area contributed by atoms with Crippen molar-refractivity contribution in [2.45, 2.75) is 6.54 Å². The average molecular weight is 344 g/mol. The molecular formula is C17H16N2O4S. The molecule has 0 saturated heterocycles. The maximum atomic E-state index is 12.3. The summed E-state index contributed by atoms with van der Waals surface area (Å²) in [7, 11) is 3.07. The van der Waals surface area contributed by atoms with Crippen molar-refractivity contribution < 1.29 is 14.3 Å². The number of nitrogens with zero attached hydrogens (tertiary/aromatic N) is 1. The number of benzene rings is 2. The highest BCUT2D eigenvalue weighted by molar-refractivity contribution is 7.13. The van der Waals surface area contributed by atoms with Gasteiger partial charge in [-0.25, -0.2) is 0 Å². The van der Waals surface area contributed by atoms with Crippen molar-refractivity contribution in [3.05, 3.63) is 52.8 Å². The van der Waals surface area contributed by atoms with Gasteiger partial charge in [-0.2, -0.15) is 0 Å². The molecule has 1 aromatic heterocycles. The van der Waals surface area contributed by atoms with Crippen LogP contribution in [-0.4, -0.2) is 24.1 Å². The van der Waals surface area contributed by atoms with E-state index in [0.717, 1.165) is 4.70 Å². The van der Waals surface area contributed by atoms with E-state index in [1.165, 1.54) is 22.6 Å². The molecule has 124 valence electrons. The van der Waals surface area contributed by atoms with E-state index in [1.807, 2.05) is 18.2 Å². The third-order valence-electron chi connectivity index (χ3n) is 3.51. The molecule has 6 nitrogen and oxygen atoms in total. The molecule has 0 unspecified atom stereocenters. The molecule has 1 heterocycles. The van der Waals surface area contributed by atoms with Gasteiger partial charge in [0.25, 0.3) is 5.56 Å². The van der Waals surface area contributed by atoms with Gasteiger partial charge >= 0.3 is 0 Å². The highest BCUT2D eigenvalue weighted by Gasteiger charge is 2.12. The number of hydrogen-bond acceptors (Lipinski definition) is 5. The number of fused-ring (bicyclic) bond motifs is 1. The Bertz CT molecular complexity index is 945. The van der Waals surface area contributed by atoms with Crippen LogP contribution in [0.15, 0.2) is 47.3 Å². The number of anilines is 1. The van der Waals surface area contributed by atoms with Gasteiger partial charge in [0.2, 0.25) is 5.91 Å². The quantitative estimate of drug-likeness (QED) is 0.773. The number of methoxy groups -OCH3 is 2. The monoisotopic (exact) mass is 344 g/mol. The molecule has 1 N–H and O–H groups in total. The molecule has 7 heteroatoms. The lowest BCUT2D eigenvalue weighted by atomic mass is 10.2. The number of carbonyl (C=O) groups is 1. The Balaban J connectivity index is 1.78. The highest BCUT2D eigenvalue weighted by atomic mass is 32.1. The Hall–Kier alpha value is -2.80. The lowest BCUT2D eigenvalue weighted by molar-refractivity contribution is -0.116. The fraction of sp³-hybridized carbons (Fsp3) is 0.176. The molecule has 0 aliphatic heterocycles. The van der Waals surface area contributed by atoms with E-state index in [9.17, 15) is 9.59 Å². The van der Waals surface area contributed by atoms with Gasteiger partial charge in [-0.3, -0.25) is 13.5 Å². The Labute approximate surface area is 142 Å². The molecule has 0 spiro atoms. The van der Waals surface area contributed by atoms with Crippen LogP contribution in [0.25, 0.3) is 10.1 Å². The van der Waals surface area contributed by atoms with Crippen molar-refractivity contribution in [1.29, 1.82) is 0 Å². The summed E-state index contributed by atoms with van der Waals surface area (Å²) in [6.07, 6.45) is 0. The zero-order chi connectivity index (χ0) is 17.1. The van der Waals surface area contributed by atoms with Gasteiger partial charge in [0.1, 0.15) is 6.54 Å². The predicted molar refractivity (Wildman–Crippen MR) is 94.3 cm³/mol. The van der Waals surface area contributed by atoms with Crippen molar-refractivity contribution in [2.24, 2.45) is 0 Å². The molecule has 0 bridgehead atoms. The smallest absolute Gasteiger partial charge is 0.268 e. The van der Waals surface area contributed by atoms with E-state index in [1.54, 1.807) is 31.4 Å². The minimum Gasteiger partial charge on any atom is -0.493 e. The SMILES string of the molecule is COc1ccc(NC(=O)Cn2sc3ccccc3c2=O)cc1OC. The topological polar surface area (TPSA) is 69.6 Å². The first kappa shape index (κ1) is 16.1. The van der Waals surface area contributed by atoms with Gasteiger partial charge in [-0.1, -0.05) is 23.7 Å². The van der Waals surface area contributed by atoms with Crippen molar-refractivity contribution in [1.82, 2.24) is 3.96 Å².